The number of hydrogen-bond donors (Lipinski definition) is 0. The largest absolute Gasteiger partial charge is 0.361 e. The van der Waals surface area contributed by atoms with E-state index < -0.39 is 10.2 Å². The highest BCUT2D eigenvalue weighted by atomic mass is 32.2. The Kier molecular flexibility index (Phi) is 5.17. The second-order valence-electron chi connectivity index (χ2n) is 7.09. The molecule has 0 spiro atoms. The summed E-state index contributed by atoms with van der Waals surface area (Å²) >= 11 is 0. The number of aromatic nitrogens is 1. The maximum atomic E-state index is 12.9. The van der Waals surface area contributed by atoms with Gasteiger partial charge in [-0.05, 0) is 25.2 Å². The van der Waals surface area contributed by atoms with Crippen molar-refractivity contribution in [2.75, 3.05) is 33.7 Å². The second kappa shape index (κ2) is 7.05. The molecule has 3 aliphatic rings. The molecule has 8 nitrogen and oxygen atoms in total. The molecule has 140 valence electrons. The van der Waals surface area contributed by atoms with E-state index in [4.69, 9.17) is 4.52 Å². The summed E-state index contributed by atoms with van der Waals surface area (Å²) < 4.78 is 33.0. The first-order valence-electron chi connectivity index (χ1n) is 8.77. The lowest BCUT2D eigenvalue weighted by Crippen LogP contribution is -2.48. The maximum Gasteiger partial charge on any atom is 0.281 e. The summed E-state index contributed by atoms with van der Waals surface area (Å²) in [5, 5.41) is 3.91. The highest BCUT2D eigenvalue weighted by Gasteiger charge is 2.42. The number of carbonyl (C=O) groups excluding carboxylic acids is 1. The minimum absolute atomic E-state index is 0.118. The van der Waals surface area contributed by atoms with Gasteiger partial charge in [-0.15, -0.1) is 0 Å². The van der Waals surface area contributed by atoms with Gasteiger partial charge in [-0.3, -0.25) is 4.79 Å². The molecular formula is C16H26N4O4S. The number of nitrogens with zero attached hydrogens (tertiary/aromatic N) is 4. The highest BCUT2D eigenvalue weighted by molar-refractivity contribution is 7.86. The maximum absolute atomic E-state index is 12.9. The van der Waals surface area contributed by atoms with Crippen LogP contribution < -0.4 is 0 Å². The number of carbonyl (C=O) groups is 1. The Morgan fingerprint density at radius 2 is 2.08 bits per heavy atom. The van der Waals surface area contributed by atoms with Crippen LogP contribution in [0.15, 0.2) is 10.6 Å². The Balaban J connectivity index is 1.79. The van der Waals surface area contributed by atoms with E-state index in [1.54, 1.807) is 11.0 Å². The lowest BCUT2D eigenvalue weighted by atomic mass is 9.94. The predicted molar refractivity (Wildman–Crippen MR) is 92.2 cm³/mol. The molecule has 3 fully saturated rings. The van der Waals surface area contributed by atoms with Crippen LogP contribution in [0.3, 0.4) is 0 Å². The third-order valence-electron chi connectivity index (χ3n) is 5.00. The van der Waals surface area contributed by atoms with Gasteiger partial charge in [-0.1, -0.05) is 12.1 Å². The van der Waals surface area contributed by atoms with Crippen molar-refractivity contribution in [3.05, 3.63) is 17.5 Å². The normalized spacial score (nSPS) is 24.7. The molecule has 4 rings (SSSR count). The van der Waals surface area contributed by atoms with E-state index in [2.05, 4.69) is 5.16 Å². The summed E-state index contributed by atoms with van der Waals surface area (Å²) in [6.07, 6.45) is 3.43. The zero-order valence-corrected chi connectivity index (χ0v) is 15.8. The van der Waals surface area contributed by atoms with Crippen LogP contribution in [0, 0.1) is 5.92 Å². The van der Waals surface area contributed by atoms with Gasteiger partial charge in [-0.25, -0.2) is 0 Å². The zero-order valence-electron chi connectivity index (χ0n) is 15.0. The smallest absolute Gasteiger partial charge is 0.281 e. The van der Waals surface area contributed by atoms with Crippen LogP contribution in [-0.4, -0.2) is 72.8 Å². The fourth-order valence-corrected chi connectivity index (χ4v) is 4.85. The topological polar surface area (TPSA) is 87.0 Å². The molecule has 2 bridgehead atoms. The van der Waals surface area contributed by atoms with Gasteiger partial charge >= 0.3 is 0 Å². The van der Waals surface area contributed by atoms with E-state index >= 15 is 0 Å². The molecule has 4 heterocycles. The summed E-state index contributed by atoms with van der Waals surface area (Å²) in [5.74, 6) is 0.701. The molecule has 0 aliphatic carbocycles. The van der Waals surface area contributed by atoms with E-state index in [0.717, 1.165) is 25.7 Å². The number of hydrogen-bond acceptors (Lipinski definition) is 5. The van der Waals surface area contributed by atoms with Crippen molar-refractivity contribution in [1.29, 1.82) is 0 Å². The molecule has 0 radical (unpaired) electrons. The predicted octanol–water partition coefficient (Wildman–Crippen LogP) is 0.970. The summed E-state index contributed by atoms with van der Waals surface area (Å²) in [6.45, 7) is 3.40. The first-order chi connectivity index (χ1) is 11.8. The Morgan fingerprint density at radius 3 is 2.76 bits per heavy atom. The number of piperidine rings is 1. The van der Waals surface area contributed by atoms with Crippen LogP contribution in [0.4, 0.5) is 0 Å². The van der Waals surface area contributed by atoms with Gasteiger partial charge < -0.3 is 9.42 Å². The van der Waals surface area contributed by atoms with E-state index in [1.165, 1.54) is 22.7 Å². The summed E-state index contributed by atoms with van der Waals surface area (Å²) in [7, 11) is -0.397. The number of amides is 1. The Labute approximate surface area is 148 Å². The minimum Gasteiger partial charge on any atom is -0.361 e. The fourth-order valence-electron chi connectivity index (χ4n) is 3.63. The van der Waals surface area contributed by atoms with Crippen LogP contribution >= 0.6 is 0 Å². The molecule has 3 saturated heterocycles. The quantitative estimate of drug-likeness (QED) is 0.771. The van der Waals surface area contributed by atoms with Crippen molar-refractivity contribution in [3.63, 3.8) is 0 Å². The third kappa shape index (κ3) is 3.58. The van der Waals surface area contributed by atoms with E-state index in [9.17, 15) is 13.2 Å². The van der Waals surface area contributed by atoms with Crippen molar-refractivity contribution in [1.82, 2.24) is 18.7 Å². The average Bonchev–Trinajstić information content (AvgIpc) is 2.83. The summed E-state index contributed by atoms with van der Waals surface area (Å²) in [6, 6.07) is 1.59. The van der Waals surface area contributed by atoms with E-state index in [-0.39, 0.29) is 17.9 Å². The molecule has 9 heteroatoms. The van der Waals surface area contributed by atoms with Gasteiger partial charge in [0, 0.05) is 52.3 Å². The lowest BCUT2D eigenvalue weighted by Gasteiger charge is -2.35. The number of aryl methyl sites for hydroxylation is 1. The molecule has 0 saturated carbocycles. The van der Waals surface area contributed by atoms with E-state index in [0.29, 0.717) is 31.1 Å². The average molecular weight is 370 g/mol. The first kappa shape index (κ1) is 18.3. The molecule has 0 aromatic carbocycles. The standard InChI is InChI=1S/C16H26N4O4S/c1-4-5-14-8-15(17-24-14)16(21)20-10-12-6-7-13(20)11-19(9-12)25(22,23)18(2)3/h8,12-13H,4-7,9-11H2,1-3H3/t12-,13+/m0/s1. The monoisotopic (exact) mass is 370 g/mol. The minimum atomic E-state index is -3.47. The van der Waals surface area contributed by atoms with Crippen molar-refractivity contribution < 1.29 is 17.7 Å². The molecule has 1 amide bonds. The van der Waals surface area contributed by atoms with Crippen molar-refractivity contribution in [3.8, 4) is 0 Å². The van der Waals surface area contributed by atoms with Crippen LogP contribution in [0.5, 0.6) is 0 Å². The summed E-state index contributed by atoms with van der Waals surface area (Å²) in [5.41, 5.74) is 0.318. The van der Waals surface area contributed by atoms with Crippen LogP contribution in [0.2, 0.25) is 0 Å². The van der Waals surface area contributed by atoms with Gasteiger partial charge in [0.15, 0.2) is 5.69 Å². The van der Waals surface area contributed by atoms with Crippen LogP contribution in [0.25, 0.3) is 0 Å². The van der Waals surface area contributed by atoms with Crippen LogP contribution in [-0.2, 0) is 16.6 Å². The molecule has 1 aromatic rings. The molecule has 1 aromatic heterocycles. The molecule has 2 atom stereocenters. The fraction of sp³-hybridized carbons (Fsp3) is 0.750. The molecule has 25 heavy (non-hydrogen) atoms. The lowest BCUT2D eigenvalue weighted by molar-refractivity contribution is 0.0578. The van der Waals surface area contributed by atoms with Gasteiger partial charge in [0.05, 0.1) is 0 Å². The molecular weight excluding hydrogens is 344 g/mol. The zero-order chi connectivity index (χ0) is 18.2. The highest BCUT2D eigenvalue weighted by Crippen LogP contribution is 2.30. The van der Waals surface area contributed by atoms with Gasteiger partial charge in [0.1, 0.15) is 5.76 Å². The van der Waals surface area contributed by atoms with Crippen molar-refractivity contribution in [2.24, 2.45) is 5.92 Å². The Bertz CT molecular complexity index is 730. The second-order valence-corrected chi connectivity index (χ2v) is 9.23. The van der Waals surface area contributed by atoms with Crippen molar-refractivity contribution >= 4 is 16.1 Å². The van der Waals surface area contributed by atoms with Crippen molar-refractivity contribution in [2.45, 2.75) is 38.6 Å². The van der Waals surface area contributed by atoms with E-state index in [1.807, 2.05) is 6.92 Å². The Morgan fingerprint density at radius 1 is 1.32 bits per heavy atom. The van der Waals surface area contributed by atoms with Crippen LogP contribution in [0.1, 0.15) is 42.4 Å². The van der Waals surface area contributed by atoms with Gasteiger partial charge in [-0.2, -0.15) is 17.0 Å². The first-order valence-corrected chi connectivity index (χ1v) is 10.2. The van der Waals surface area contributed by atoms with Gasteiger partial charge in [0.25, 0.3) is 16.1 Å². The number of rotatable bonds is 5. The molecule has 0 unspecified atom stereocenters. The molecule has 3 aliphatic heterocycles. The number of fused-ring (bicyclic) bond motifs is 4. The summed E-state index contributed by atoms with van der Waals surface area (Å²) in [4.78, 5) is 14.7. The van der Waals surface area contributed by atoms with Gasteiger partial charge in [0.2, 0.25) is 0 Å². The SMILES string of the molecule is CCCc1cc(C(=O)N2C[C@H]3CC[C@@H]2CN(S(=O)(=O)N(C)C)C3)no1. The Hall–Kier alpha value is -1.45. The third-order valence-corrected chi connectivity index (χ3v) is 6.88. The molecule has 0 N–H and O–H groups in total.